The van der Waals surface area contributed by atoms with Gasteiger partial charge in [0.2, 0.25) is 0 Å². The van der Waals surface area contributed by atoms with Crippen LogP contribution in [0, 0.1) is 5.92 Å². The first-order valence-corrected chi connectivity index (χ1v) is 8.18. The third-order valence-electron chi connectivity index (χ3n) is 5.90. The number of nitrogens with two attached hydrogens (primary N) is 1. The maximum absolute atomic E-state index is 6.21. The van der Waals surface area contributed by atoms with Crippen LogP contribution in [-0.4, -0.2) is 41.8 Å². The largest absolute Gasteiger partial charge is 0.375 e. The van der Waals surface area contributed by atoms with Crippen LogP contribution in [-0.2, 0) is 4.74 Å². The van der Waals surface area contributed by atoms with Gasteiger partial charge in [-0.15, -0.1) is 0 Å². The van der Waals surface area contributed by atoms with Crippen LogP contribution in [0.1, 0.15) is 59.8 Å². The number of hydrogen-bond donors (Lipinski definition) is 1. The lowest BCUT2D eigenvalue weighted by molar-refractivity contribution is -0.120. The highest BCUT2D eigenvalue weighted by atomic mass is 16.5. The monoisotopic (exact) mass is 268 g/mol. The lowest BCUT2D eigenvalue weighted by atomic mass is 9.81. The Morgan fingerprint density at radius 3 is 2.53 bits per heavy atom. The molecule has 2 rings (SSSR count). The molecule has 2 saturated heterocycles. The van der Waals surface area contributed by atoms with Gasteiger partial charge in [0.1, 0.15) is 0 Å². The zero-order valence-corrected chi connectivity index (χ0v) is 13.2. The molecule has 2 aliphatic rings. The van der Waals surface area contributed by atoms with Crippen LogP contribution < -0.4 is 5.73 Å². The Balaban J connectivity index is 2.05. The number of ether oxygens (including phenoxy) is 1. The molecule has 0 aliphatic carbocycles. The van der Waals surface area contributed by atoms with Crippen LogP contribution in [0.3, 0.4) is 0 Å². The standard InChI is InChI=1S/C16H32N2O/c1-5-16(6-2)11-14(8-10-19-16)18-9-7-15(17)12(3)13(18)4/h12-15H,5-11,17H2,1-4H3. The molecule has 3 heteroatoms. The van der Waals surface area contributed by atoms with Gasteiger partial charge in [-0.05, 0) is 44.9 Å². The van der Waals surface area contributed by atoms with E-state index in [4.69, 9.17) is 10.5 Å². The molecule has 19 heavy (non-hydrogen) atoms. The maximum Gasteiger partial charge on any atom is 0.0692 e. The van der Waals surface area contributed by atoms with Gasteiger partial charge in [0.05, 0.1) is 5.60 Å². The second-order valence-corrected chi connectivity index (χ2v) is 6.68. The maximum atomic E-state index is 6.21. The molecule has 0 aromatic rings. The SMILES string of the molecule is CCC1(CC)CC(N2CCC(N)C(C)C2C)CCO1. The summed E-state index contributed by atoms with van der Waals surface area (Å²) in [6, 6.07) is 1.69. The molecule has 0 amide bonds. The van der Waals surface area contributed by atoms with Crippen molar-refractivity contribution in [3.63, 3.8) is 0 Å². The molecule has 0 aromatic heterocycles. The second kappa shape index (κ2) is 6.11. The Labute approximate surface area is 118 Å². The van der Waals surface area contributed by atoms with Crippen molar-refractivity contribution < 1.29 is 4.74 Å². The average Bonchev–Trinajstić information content (AvgIpc) is 2.45. The van der Waals surface area contributed by atoms with E-state index in [2.05, 4.69) is 32.6 Å². The average molecular weight is 268 g/mol. The molecular weight excluding hydrogens is 236 g/mol. The second-order valence-electron chi connectivity index (χ2n) is 6.68. The fourth-order valence-electron chi connectivity index (χ4n) is 3.97. The van der Waals surface area contributed by atoms with Crippen LogP contribution in [0.25, 0.3) is 0 Å². The van der Waals surface area contributed by atoms with Gasteiger partial charge >= 0.3 is 0 Å². The number of piperidine rings is 1. The van der Waals surface area contributed by atoms with Crippen molar-refractivity contribution in [3.05, 3.63) is 0 Å². The zero-order chi connectivity index (χ0) is 14.0. The van der Waals surface area contributed by atoms with Crippen molar-refractivity contribution in [1.29, 1.82) is 0 Å². The first-order valence-electron chi connectivity index (χ1n) is 8.18. The smallest absolute Gasteiger partial charge is 0.0692 e. The van der Waals surface area contributed by atoms with Crippen LogP contribution >= 0.6 is 0 Å². The summed E-state index contributed by atoms with van der Waals surface area (Å²) in [5.41, 5.74) is 6.35. The van der Waals surface area contributed by atoms with Gasteiger partial charge in [0.25, 0.3) is 0 Å². The molecule has 0 bridgehead atoms. The molecule has 0 radical (unpaired) electrons. The molecule has 0 spiro atoms. The summed E-state index contributed by atoms with van der Waals surface area (Å²) in [6.07, 6.45) is 5.81. The Morgan fingerprint density at radius 2 is 1.89 bits per heavy atom. The minimum Gasteiger partial charge on any atom is -0.375 e. The molecule has 4 unspecified atom stereocenters. The van der Waals surface area contributed by atoms with Crippen molar-refractivity contribution >= 4 is 0 Å². The van der Waals surface area contributed by atoms with Gasteiger partial charge < -0.3 is 10.5 Å². The fourth-order valence-corrected chi connectivity index (χ4v) is 3.97. The van der Waals surface area contributed by atoms with Crippen molar-refractivity contribution in [3.8, 4) is 0 Å². The van der Waals surface area contributed by atoms with E-state index < -0.39 is 0 Å². The van der Waals surface area contributed by atoms with Gasteiger partial charge in [-0.2, -0.15) is 0 Å². The quantitative estimate of drug-likeness (QED) is 0.855. The van der Waals surface area contributed by atoms with Gasteiger partial charge in [0, 0.05) is 31.3 Å². The van der Waals surface area contributed by atoms with Crippen LogP contribution in [0.5, 0.6) is 0 Å². The number of likely N-dealkylation sites (tertiary alicyclic amines) is 1. The van der Waals surface area contributed by atoms with Crippen LogP contribution in [0.15, 0.2) is 0 Å². The van der Waals surface area contributed by atoms with Crippen molar-refractivity contribution in [2.45, 2.75) is 83.5 Å². The third-order valence-corrected chi connectivity index (χ3v) is 5.90. The van der Waals surface area contributed by atoms with E-state index in [1.807, 2.05) is 0 Å². The Bertz CT molecular complexity index is 290. The first-order chi connectivity index (χ1) is 9.03. The molecule has 3 nitrogen and oxygen atoms in total. The summed E-state index contributed by atoms with van der Waals surface area (Å²) in [5.74, 6) is 0.606. The molecule has 2 fully saturated rings. The third kappa shape index (κ3) is 2.98. The van der Waals surface area contributed by atoms with Crippen LogP contribution in [0.4, 0.5) is 0 Å². The van der Waals surface area contributed by atoms with Crippen molar-refractivity contribution in [2.75, 3.05) is 13.2 Å². The molecule has 2 heterocycles. The Morgan fingerprint density at radius 1 is 1.21 bits per heavy atom. The van der Waals surface area contributed by atoms with Gasteiger partial charge in [0.15, 0.2) is 0 Å². The van der Waals surface area contributed by atoms with E-state index in [-0.39, 0.29) is 5.60 Å². The number of nitrogens with zero attached hydrogens (tertiary/aromatic N) is 1. The molecule has 0 aromatic carbocycles. The topological polar surface area (TPSA) is 38.5 Å². The van der Waals surface area contributed by atoms with Crippen molar-refractivity contribution in [1.82, 2.24) is 4.90 Å². The lowest BCUT2D eigenvalue weighted by Gasteiger charge is -2.50. The summed E-state index contributed by atoms with van der Waals surface area (Å²) < 4.78 is 6.12. The summed E-state index contributed by atoms with van der Waals surface area (Å²) >= 11 is 0. The fraction of sp³-hybridized carbons (Fsp3) is 1.00. The molecule has 112 valence electrons. The summed E-state index contributed by atoms with van der Waals surface area (Å²) in [6.45, 7) is 11.3. The lowest BCUT2D eigenvalue weighted by Crippen LogP contribution is -2.58. The predicted molar refractivity (Wildman–Crippen MR) is 80.2 cm³/mol. The summed E-state index contributed by atoms with van der Waals surface area (Å²) in [7, 11) is 0. The number of hydrogen-bond acceptors (Lipinski definition) is 3. The summed E-state index contributed by atoms with van der Waals surface area (Å²) in [5, 5.41) is 0. The highest BCUT2D eigenvalue weighted by molar-refractivity contribution is 4.95. The Hall–Kier alpha value is -0.120. The highest BCUT2D eigenvalue weighted by Crippen LogP contribution is 2.36. The van der Waals surface area contributed by atoms with E-state index >= 15 is 0 Å². The first kappa shape index (κ1) is 15.3. The van der Waals surface area contributed by atoms with E-state index in [1.165, 1.54) is 19.4 Å². The van der Waals surface area contributed by atoms with E-state index in [9.17, 15) is 0 Å². The molecular formula is C16H32N2O. The minimum absolute atomic E-state index is 0.130. The Kier molecular flexibility index (Phi) is 4.91. The molecule has 4 atom stereocenters. The van der Waals surface area contributed by atoms with Gasteiger partial charge in [-0.25, -0.2) is 0 Å². The number of rotatable bonds is 3. The summed E-state index contributed by atoms with van der Waals surface area (Å²) in [4.78, 5) is 2.72. The highest BCUT2D eigenvalue weighted by Gasteiger charge is 2.40. The van der Waals surface area contributed by atoms with E-state index in [0.29, 0.717) is 24.0 Å². The van der Waals surface area contributed by atoms with Crippen LogP contribution in [0.2, 0.25) is 0 Å². The minimum atomic E-state index is 0.130. The van der Waals surface area contributed by atoms with Gasteiger partial charge in [-0.3, -0.25) is 4.90 Å². The zero-order valence-electron chi connectivity index (χ0n) is 13.2. The van der Waals surface area contributed by atoms with E-state index in [0.717, 1.165) is 25.9 Å². The molecule has 2 aliphatic heterocycles. The van der Waals surface area contributed by atoms with Gasteiger partial charge in [-0.1, -0.05) is 20.8 Å². The molecule has 0 saturated carbocycles. The normalized spacial score (nSPS) is 40.3. The predicted octanol–water partition coefficient (Wildman–Crippen LogP) is 2.78. The molecule has 2 N–H and O–H groups in total. The van der Waals surface area contributed by atoms with Crippen molar-refractivity contribution in [2.24, 2.45) is 11.7 Å². The van der Waals surface area contributed by atoms with E-state index in [1.54, 1.807) is 0 Å².